The highest BCUT2D eigenvalue weighted by Crippen LogP contribution is 2.32. The van der Waals surface area contributed by atoms with Crippen molar-refractivity contribution in [1.82, 2.24) is 25.0 Å². The second-order valence-corrected chi connectivity index (χ2v) is 18.2. The summed E-state index contributed by atoms with van der Waals surface area (Å²) in [5, 5.41) is 6.00. The van der Waals surface area contributed by atoms with Crippen LogP contribution in [-0.4, -0.2) is 114 Å². The molecule has 0 saturated carbocycles. The van der Waals surface area contributed by atoms with Crippen LogP contribution >= 0.6 is 11.3 Å². The third-order valence-electron chi connectivity index (χ3n) is 12.9. The van der Waals surface area contributed by atoms with E-state index in [2.05, 4.69) is 70.6 Å². The van der Waals surface area contributed by atoms with Crippen molar-refractivity contribution in [2.45, 2.75) is 150 Å². The van der Waals surface area contributed by atoms with Crippen LogP contribution in [0.15, 0.2) is 41.9 Å². The molecule has 1 N–H and O–H groups in total. The molecule has 2 aromatic rings. The maximum Gasteiger partial charge on any atom is 0.226 e. The van der Waals surface area contributed by atoms with Crippen LogP contribution in [0.2, 0.25) is 0 Å². The molecule has 0 unspecified atom stereocenters. The van der Waals surface area contributed by atoms with Gasteiger partial charge in [-0.15, -0.1) is 11.3 Å². The molecule has 326 valence electrons. The molecule has 0 bridgehead atoms. The Balaban J connectivity index is 1.82. The molecule has 12 heteroatoms. The van der Waals surface area contributed by atoms with Crippen LogP contribution in [0.4, 0.5) is 0 Å². The Morgan fingerprint density at radius 3 is 2.12 bits per heavy atom. The van der Waals surface area contributed by atoms with Gasteiger partial charge in [0.15, 0.2) is 5.78 Å². The molecule has 1 aliphatic rings. The summed E-state index contributed by atoms with van der Waals surface area (Å²) in [7, 11) is 7.01. The van der Waals surface area contributed by atoms with Crippen molar-refractivity contribution in [3.05, 3.63) is 52.5 Å². The summed E-state index contributed by atoms with van der Waals surface area (Å²) in [5.41, 5.74) is 1.10. The number of ether oxygens (including phenoxy) is 2. The number of rotatable bonds is 24. The van der Waals surface area contributed by atoms with E-state index >= 15 is 0 Å². The van der Waals surface area contributed by atoms with Gasteiger partial charge < -0.3 is 24.6 Å². The maximum atomic E-state index is 14.6. The lowest BCUT2D eigenvalue weighted by Gasteiger charge is -2.41. The van der Waals surface area contributed by atoms with E-state index in [1.165, 1.54) is 11.3 Å². The number of nitrogens with one attached hydrogen (secondary N) is 1. The van der Waals surface area contributed by atoms with E-state index in [4.69, 9.17) is 9.47 Å². The molecule has 1 aromatic heterocycles. The molecule has 3 rings (SSSR count). The van der Waals surface area contributed by atoms with Crippen molar-refractivity contribution in [1.29, 1.82) is 0 Å². The van der Waals surface area contributed by atoms with Crippen LogP contribution in [0.1, 0.15) is 117 Å². The van der Waals surface area contributed by atoms with Gasteiger partial charge in [0.05, 0.1) is 48.7 Å². The van der Waals surface area contributed by atoms with Gasteiger partial charge in [0, 0.05) is 57.8 Å². The van der Waals surface area contributed by atoms with Crippen molar-refractivity contribution in [3.8, 4) is 0 Å². The van der Waals surface area contributed by atoms with Crippen molar-refractivity contribution < 1.29 is 28.7 Å². The van der Waals surface area contributed by atoms with Crippen molar-refractivity contribution in [2.24, 2.45) is 29.6 Å². The Morgan fingerprint density at radius 2 is 1.59 bits per heavy atom. The number of carbonyl (C=O) groups excluding carboxylic acids is 4. The number of likely N-dealkylation sites (tertiary alicyclic amines) is 1. The number of likely N-dealkylation sites (N-methyl/N-ethyl adjacent to an activating group) is 2. The lowest BCUT2D eigenvalue weighted by molar-refractivity contribution is -0.149. The first-order valence-corrected chi connectivity index (χ1v) is 22.5. The summed E-state index contributed by atoms with van der Waals surface area (Å²) in [4.78, 5) is 67.2. The summed E-state index contributed by atoms with van der Waals surface area (Å²) in [6.45, 7) is 19.0. The quantitative estimate of drug-likeness (QED) is 0.116. The van der Waals surface area contributed by atoms with Crippen molar-refractivity contribution in [3.63, 3.8) is 0 Å². The lowest BCUT2D eigenvalue weighted by Crippen LogP contribution is -2.54. The fraction of sp³-hybridized carbons (Fsp3) is 0.717. The zero-order valence-corrected chi connectivity index (χ0v) is 38.6. The fourth-order valence-corrected chi connectivity index (χ4v) is 9.56. The first-order chi connectivity index (χ1) is 27.5. The molecule has 2 heterocycles. The van der Waals surface area contributed by atoms with Crippen LogP contribution in [0.25, 0.3) is 0 Å². The zero-order valence-electron chi connectivity index (χ0n) is 37.8. The number of aromatic nitrogens is 1. The lowest BCUT2D eigenvalue weighted by atomic mass is 9.81. The van der Waals surface area contributed by atoms with Gasteiger partial charge in [0.2, 0.25) is 17.7 Å². The van der Waals surface area contributed by atoms with Crippen molar-refractivity contribution >= 4 is 34.8 Å². The molecular weight excluding hydrogens is 751 g/mol. The summed E-state index contributed by atoms with van der Waals surface area (Å²) in [6.07, 6.45) is 4.51. The highest BCUT2D eigenvalue weighted by atomic mass is 32.1. The number of Topliss-reactive ketones (excluding diaryl/α,β-unsaturated/α-hetero) is 1. The number of thiazole rings is 1. The summed E-state index contributed by atoms with van der Waals surface area (Å²) < 4.78 is 12.2. The van der Waals surface area contributed by atoms with E-state index in [9.17, 15) is 19.2 Å². The molecule has 1 fully saturated rings. The average Bonchev–Trinajstić information content (AvgIpc) is 3.93. The number of ketones is 1. The molecule has 11 nitrogen and oxygen atoms in total. The second kappa shape index (κ2) is 23.6. The van der Waals surface area contributed by atoms with Crippen LogP contribution < -0.4 is 5.32 Å². The highest BCUT2D eigenvalue weighted by Gasteiger charge is 2.43. The first kappa shape index (κ1) is 49.2. The van der Waals surface area contributed by atoms with Gasteiger partial charge in [0.1, 0.15) is 5.01 Å². The molecular formula is C46H75N5O6S. The molecule has 1 aromatic carbocycles. The minimum Gasteiger partial charge on any atom is -0.379 e. The van der Waals surface area contributed by atoms with Gasteiger partial charge in [-0.1, -0.05) is 91.6 Å². The number of benzene rings is 1. The standard InChI is InChI=1S/C46H75N5O6S/c1-14-31(7)35(27-38(52)41(29(3)4)49(10)30(5)6)46(55)50(11)42(32(8)15-2)39(56-12)28-40(53)51-24-19-22-37(51)43(57-13)33(9)44(54)48-36(45-47-23-25-58-45)26-34-20-17-16-18-21-34/h16-18,20-21,23,25,29-33,35-37,39,41-43H,14-15,19,22,24,26-28H2,1-13H3,(H,48,54)/t31-,32-,33+,35-,36-,37-,39+,41-,42-,43+/m0/s1. The Morgan fingerprint density at radius 1 is 0.931 bits per heavy atom. The normalized spacial score (nSPS) is 19.3. The van der Waals surface area contributed by atoms with Crippen molar-refractivity contribution in [2.75, 3.05) is 34.9 Å². The van der Waals surface area contributed by atoms with Gasteiger partial charge in [0.25, 0.3) is 0 Å². The van der Waals surface area contributed by atoms with E-state index in [-0.39, 0.29) is 78.3 Å². The maximum absolute atomic E-state index is 14.6. The summed E-state index contributed by atoms with van der Waals surface area (Å²) in [6, 6.07) is 8.94. The zero-order chi connectivity index (χ0) is 43.3. The Hall–Kier alpha value is -3.19. The van der Waals surface area contributed by atoms with Crippen LogP contribution in [-0.2, 0) is 35.1 Å². The van der Waals surface area contributed by atoms with Crippen LogP contribution in [0.5, 0.6) is 0 Å². The SMILES string of the molecule is CC[C@H](C)[C@@H]([C@@H](CC(=O)N1CCC[C@H]1[C@H](OC)[C@@H](C)C(=O)N[C@@H](Cc1ccccc1)c1nccs1)OC)N(C)C(=O)[C@@H](CC(=O)[C@H](C(C)C)N(C)C(C)C)[C@@H](C)CC. The number of methoxy groups -OCH3 is 2. The Bertz CT molecular complexity index is 1560. The molecule has 3 amide bonds. The number of carbonyl (C=O) groups is 4. The second-order valence-electron chi connectivity index (χ2n) is 17.3. The highest BCUT2D eigenvalue weighted by molar-refractivity contribution is 7.09. The molecule has 1 saturated heterocycles. The van der Waals surface area contributed by atoms with E-state index in [1.807, 2.05) is 61.6 Å². The predicted octanol–water partition coefficient (Wildman–Crippen LogP) is 7.45. The molecule has 0 spiro atoms. The third kappa shape index (κ3) is 12.7. The number of nitrogens with zero attached hydrogens (tertiary/aromatic N) is 4. The third-order valence-corrected chi connectivity index (χ3v) is 13.8. The smallest absolute Gasteiger partial charge is 0.226 e. The van der Waals surface area contributed by atoms with E-state index in [0.29, 0.717) is 19.4 Å². The van der Waals surface area contributed by atoms with Crippen LogP contribution in [0, 0.1) is 29.6 Å². The number of hydrogen-bond donors (Lipinski definition) is 1. The minimum atomic E-state index is -0.583. The summed E-state index contributed by atoms with van der Waals surface area (Å²) >= 11 is 1.51. The van der Waals surface area contributed by atoms with E-state index in [0.717, 1.165) is 29.8 Å². The van der Waals surface area contributed by atoms with E-state index < -0.39 is 30.1 Å². The number of hydrogen-bond acceptors (Lipinski definition) is 9. The molecule has 10 atom stereocenters. The van der Waals surface area contributed by atoms with Gasteiger partial charge in [-0.25, -0.2) is 4.98 Å². The topological polar surface area (TPSA) is 121 Å². The molecule has 0 aliphatic carbocycles. The summed E-state index contributed by atoms with van der Waals surface area (Å²) in [5.74, 6) is -1.18. The monoisotopic (exact) mass is 826 g/mol. The molecule has 0 radical (unpaired) electrons. The Kier molecular flexibility index (Phi) is 20.0. The first-order valence-electron chi connectivity index (χ1n) is 21.6. The molecule has 58 heavy (non-hydrogen) atoms. The van der Waals surface area contributed by atoms with Gasteiger partial charge in [-0.05, 0) is 63.5 Å². The van der Waals surface area contributed by atoms with Crippen LogP contribution in [0.3, 0.4) is 0 Å². The van der Waals surface area contributed by atoms with Gasteiger partial charge in [-0.3, -0.25) is 24.1 Å². The Labute approximate surface area is 354 Å². The van der Waals surface area contributed by atoms with E-state index in [1.54, 1.807) is 25.3 Å². The predicted molar refractivity (Wildman–Crippen MR) is 233 cm³/mol. The fourth-order valence-electron chi connectivity index (χ4n) is 8.87. The van der Waals surface area contributed by atoms with Gasteiger partial charge >= 0.3 is 0 Å². The van der Waals surface area contributed by atoms with Gasteiger partial charge in [-0.2, -0.15) is 0 Å². The molecule has 1 aliphatic heterocycles. The average molecular weight is 826 g/mol. The number of amides is 3. The minimum absolute atomic E-state index is 0.0120. The largest absolute Gasteiger partial charge is 0.379 e.